The number of amides is 1. The SMILES string of the molecule is Cl.O=C(CCNS(=O)(=O)c1ccc([N+](=O)[O-])cc1)NC1CCNC1. The van der Waals surface area contributed by atoms with E-state index in [9.17, 15) is 23.3 Å². The van der Waals surface area contributed by atoms with Gasteiger partial charge in [-0.15, -0.1) is 12.4 Å². The van der Waals surface area contributed by atoms with E-state index in [1.165, 1.54) is 0 Å². The number of non-ortho nitro benzene ring substituents is 1. The zero-order valence-corrected chi connectivity index (χ0v) is 14.4. The highest BCUT2D eigenvalue weighted by Gasteiger charge is 2.18. The van der Waals surface area contributed by atoms with Crippen molar-refractivity contribution in [3.8, 4) is 0 Å². The fourth-order valence-corrected chi connectivity index (χ4v) is 3.24. The summed E-state index contributed by atoms with van der Waals surface area (Å²) < 4.78 is 26.3. The average molecular weight is 379 g/mol. The molecule has 1 aromatic carbocycles. The Morgan fingerprint density at radius 3 is 2.54 bits per heavy atom. The van der Waals surface area contributed by atoms with E-state index >= 15 is 0 Å². The minimum atomic E-state index is -3.79. The number of sulfonamides is 1. The number of nitrogens with zero attached hydrogens (tertiary/aromatic N) is 1. The summed E-state index contributed by atoms with van der Waals surface area (Å²) in [7, 11) is -3.79. The van der Waals surface area contributed by atoms with Crippen molar-refractivity contribution in [2.24, 2.45) is 0 Å². The van der Waals surface area contributed by atoms with Gasteiger partial charge in [0.15, 0.2) is 0 Å². The van der Waals surface area contributed by atoms with E-state index in [2.05, 4.69) is 15.4 Å². The molecule has 0 aromatic heterocycles. The first kappa shape index (κ1) is 20.3. The predicted molar refractivity (Wildman–Crippen MR) is 89.6 cm³/mol. The third-order valence-electron chi connectivity index (χ3n) is 3.43. The standard InChI is InChI=1S/C13H18N4O5S.ClH/c18-13(16-10-5-7-14-9-10)6-8-15-23(21,22)12-3-1-11(2-4-12)17(19)20;/h1-4,10,14-15H,5-9H2,(H,16,18);1H. The molecular formula is C13H19ClN4O5S. The van der Waals surface area contributed by atoms with Gasteiger partial charge in [-0.3, -0.25) is 14.9 Å². The molecule has 3 N–H and O–H groups in total. The molecule has 1 unspecified atom stereocenters. The first-order chi connectivity index (χ1) is 10.9. The number of nitro groups is 1. The minimum Gasteiger partial charge on any atom is -0.352 e. The van der Waals surface area contributed by atoms with Crippen LogP contribution >= 0.6 is 12.4 Å². The number of rotatable bonds is 7. The van der Waals surface area contributed by atoms with E-state index in [1.807, 2.05) is 0 Å². The van der Waals surface area contributed by atoms with Crippen molar-refractivity contribution in [3.05, 3.63) is 34.4 Å². The Hall–Kier alpha value is -1.75. The van der Waals surface area contributed by atoms with Gasteiger partial charge in [-0.1, -0.05) is 0 Å². The van der Waals surface area contributed by atoms with Crippen LogP contribution in [0.2, 0.25) is 0 Å². The number of halogens is 1. The second-order valence-corrected chi connectivity index (χ2v) is 6.92. The Morgan fingerprint density at radius 1 is 1.33 bits per heavy atom. The molecule has 1 aliphatic heterocycles. The van der Waals surface area contributed by atoms with E-state index in [0.717, 1.165) is 43.8 Å². The molecule has 2 rings (SSSR count). The zero-order valence-electron chi connectivity index (χ0n) is 12.7. The van der Waals surface area contributed by atoms with E-state index in [1.54, 1.807) is 0 Å². The highest BCUT2D eigenvalue weighted by Crippen LogP contribution is 2.15. The third kappa shape index (κ3) is 5.71. The third-order valence-corrected chi connectivity index (χ3v) is 4.90. The Kier molecular flexibility index (Phi) is 7.55. The van der Waals surface area contributed by atoms with Gasteiger partial charge >= 0.3 is 0 Å². The highest BCUT2D eigenvalue weighted by molar-refractivity contribution is 7.89. The van der Waals surface area contributed by atoms with Crippen molar-refractivity contribution < 1.29 is 18.1 Å². The molecule has 11 heteroatoms. The van der Waals surface area contributed by atoms with Gasteiger partial charge in [-0.05, 0) is 25.1 Å². The van der Waals surface area contributed by atoms with Gasteiger partial charge in [0.05, 0.1) is 9.82 Å². The van der Waals surface area contributed by atoms with Gasteiger partial charge in [-0.25, -0.2) is 13.1 Å². The van der Waals surface area contributed by atoms with Gasteiger partial charge < -0.3 is 10.6 Å². The van der Waals surface area contributed by atoms with Crippen LogP contribution in [0.3, 0.4) is 0 Å². The van der Waals surface area contributed by atoms with Crippen molar-refractivity contribution in [3.63, 3.8) is 0 Å². The molecular weight excluding hydrogens is 360 g/mol. The fourth-order valence-electron chi connectivity index (χ4n) is 2.21. The molecule has 0 aliphatic carbocycles. The number of hydrogen-bond acceptors (Lipinski definition) is 6. The average Bonchev–Trinajstić information content (AvgIpc) is 3.00. The van der Waals surface area contributed by atoms with Crippen LogP contribution in [-0.2, 0) is 14.8 Å². The molecule has 1 aliphatic rings. The van der Waals surface area contributed by atoms with E-state index in [4.69, 9.17) is 0 Å². The van der Waals surface area contributed by atoms with Gasteiger partial charge in [-0.2, -0.15) is 0 Å². The Labute approximate surface area is 145 Å². The van der Waals surface area contributed by atoms with Crippen LogP contribution < -0.4 is 15.4 Å². The van der Waals surface area contributed by atoms with Crippen LogP contribution in [0.5, 0.6) is 0 Å². The van der Waals surface area contributed by atoms with Crippen LogP contribution in [-0.4, -0.2) is 44.9 Å². The second kappa shape index (κ2) is 8.92. The molecule has 0 bridgehead atoms. The zero-order chi connectivity index (χ0) is 16.9. The smallest absolute Gasteiger partial charge is 0.269 e. The molecule has 1 saturated heterocycles. The molecule has 0 saturated carbocycles. The normalized spacial score (nSPS) is 17.1. The summed E-state index contributed by atoms with van der Waals surface area (Å²) in [4.78, 5) is 21.5. The first-order valence-electron chi connectivity index (χ1n) is 7.13. The lowest BCUT2D eigenvalue weighted by Gasteiger charge is -2.11. The number of benzene rings is 1. The lowest BCUT2D eigenvalue weighted by molar-refractivity contribution is -0.384. The Balaban J connectivity index is 0.00000288. The molecule has 1 fully saturated rings. The maximum absolute atomic E-state index is 12.0. The molecule has 0 spiro atoms. The minimum absolute atomic E-state index is 0. The van der Waals surface area contributed by atoms with Crippen molar-refractivity contribution in [1.82, 2.24) is 15.4 Å². The van der Waals surface area contributed by atoms with Gasteiger partial charge in [0.2, 0.25) is 15.9 Å². The largest absolute Gasteiger partial charge is 0.352 e. The topological polar surface area (TPSA) is 130 Å². The number of carbonyl (C=O) groups is 1. The summed E-state index contributed by atoms with van der Waals surface area (Å²) in [6, 6.07) is 4.65. The molecule has 9 nitrogen and oxygen atoms in total. The fraction of sp³-hybridized carbons (Fsp3) is 0.462. The van der Waals surface area contributed by atoms with Crippen LogP contribution in [0.25, 0.3) is 0 Å². The lowest BCUT2D eigenvalue weighted by atomic mass is 10.2. The van der Waals surface area contributed by atoms with Crippen LogP contribution in [0.15, 0.2) is 29.2 Å². The summed E-state index contributed by atoms with van der Waals surface area (Å²) in [6.45, 7) is 1.54. The summed E-state index contributed by atoms with van der Waals surface area (Å²) in [5.74, 6) is -0.218. The van der Waals surface area contributed by atoms with Gasteiger partial charge in [0.1, 0.15) is 0 Å². The second-order valence-electron chi connectivity index (χ2n) is 5.16. The lowest BCUT2D eigenvalue weighted by Crippen LogP contribution is -2.38. The molecule has 1 atom stereocenters. The number of hydrogen-bond donors (Lipinski definition) is 3. The number of nitro benzene ring substituents is 1. The first-order valence-corrected chi connectivity index (χ1v) is 8.61. The predicted octanol–water partition coefficient (Wildman–Crippen LogP) is 0.163. The summed E-state index contributed by atoms with van der Waals surface area (Å²) in [5.41, 5.74) is -0.187. The molecule has 1 amide bonds. The Bertz CT molecular complexity index is 674. The summed E-state index contributed by atoms with van der Waals surface area (Å²) in [6.07, 6.45) is 0.892. The molecule has 134 valence electrons. The summed E-state index contributed by atoms with van der Waals surface area (Å²) >= 11 is 0. The van der Waals surface area contributed by atoms with E-state index < -0.39 is 14.9 Å². The maximum atomic E-state index is 12.0. The maximum Gasteiger partial charge on any atom is 0.269 e. The van der Waals surface area contributed by atoms with Crippen LogP contribution in [0.1, 0.15) is 12.8 Å². The summed E-state index contributed by atoms with van der Waals surface area (Å²) in [5, 5.41) is 16.5. The quantitative estimate of drug-likeness (QED) is 0.457. The highest BCUT2D eigenvalue weighted by atomic mass is 35.5. The number of nitrogens with one attached hydrogen (secondary N) is 3. The monoisotopic (exact) mass is 378 g/mol. The van der Waals surface area contributed by atoms with Crippen molar-refractivity contribution >= 4 is 34.0 Å². The molecule has 24 heavy (non-hydrogen) atoms. The molecule has 0 radical (unpaired) electrons. The van der Waals surface area contributed by atoms with E-state index in [-0.39, 0.29) is 47.9 Å². The van der Waals surface area contributed by atoms with Gasteiger partial charge in [0, 0.05) is 37.7 Å². The molecule has 1 heterocycles. The van der Waals surface area contributed by atoms with Gasteiger partial charge in [0.25, 0.3) is 5.69 Å². The van der Waals surface area contributed by atoms with Crippen molar-refractivity contribution in [1.29, 1.82) is 0 Å². The van der Waals surface area contributed by atoms with Crippen LogP contribution in [0, 0.1) is 10.1 Å². The Morgan fingerprint density at radius 2 is 2.00 bits per heavy atom. The van der Waals surface area contributed by atoms with Crippen molar-refractivity contribution in [2.45, 2.75) is 23.8 Å². The molecule has 1 aromatic rings. The number of carbonyl (C=O) groups excluding carboxylic acids is 1. The van der Waals surface area contributed by atoms with Crippen molar-refractivity contribution in [2.75, 3.05) is 19.6 Å². The van der Waals surface area contributed by atoms with E-state index in [0.29, 0.717) is 0 Å². The van der Waals surface area contributed by atoms with Crippen LogP contribution in [0.4, 0.5) is 5.69 Å².